The lowest BCUT2D eigenvalue weighted by atomic mass is 10.3. The van der Waals surface area contributed by atoms with Crippen molar-refractivity contribution in [3.05, 3.63) is 58.6 Å². The molecule has 25 heavy (non-hydrogen) atoms. The molecule has 0 saturated heterocycles. The largest absolute Gasteiger partial charge is 0.341 e. The highest BCUT2D eigenvalue weighted by atomic mass is 32.2. The molecule has 2 aromatic rings. The zero-order valence-electron chi connectivity index (χ0n) is 12.2. The van der Waals surface area contributed by atoms with Crippen LogP contribution in [0.1, 0.15) is 0 Å². The van der Waals surface area contributed by atoms with E-state index in [0.29, 0.717) is 0 Å². The van der Waals surface area contributed by atoms with Gasteiger partial charge in [0.05, 0.1) is 14.7 Å². The third kappa shape index (κ3) is 4.09. The van der Waals surface area contributed by atoms with Crippen LogP contribution < -0.4 is 4.72 Å². The molecular formula is C13H10F2N2O6S2. The van der Waals surface area contributed by atoms with Crippen LogP contribution in [0.15, 0.2) is 58.3 Å². The first-order valence-corrected chi connectivity index (χ1v) is 9.46. The fourth-order valence-corrected chi connectivity index (χ4v) is 3.56. The molecule has 0 spiro atoms. The summed E-state index contributed by atoms with van der Waals surface area (Å²) in [5, 5.41) is 10.6. The Bertz CT molecular complexity index is 988. The van der Waals surface area contributed by atoms with Crippen molar-refractivity contribution in [3.63, 3.8) is 0 Å². The fraction of sp³-hybridized carbons (Fsp3) is 0.0769. The number of sulfonamides is 1. The number of benzene rings is 2. The summed E-state index contributed by atoms with van der Waals surface area (Å²) in [5.74, 6) is -3.59. The molecule has 0 aromatic heterocycles. The van der Waals surface area contributed by atoms with Crippen LogP contribution in [0.4, 0.5) is 20.2 Å². The number of hydrogen-bond donors (Lipinski definition) is 1. The highest BCUT2D eigenvalue weighted by Crippen LogP contribution is 2.23. The second kappa shape index (κ2) is 6.72. The molecule has 0 aliphatic carbocycles. The van der Waals surface area contributed by atoms with Crippen molar-refractivity contribution in [2.75, 3.05) is 4.72 Å². The topological polar surface area (TPSA) is 123 Å². The fourth-order valence-electron chi connectivity index (χ4n) is 1.78. The second-order valence-corrected chi connectivity index (χ2v) is 8.29. The predicted molar refractivity (Wildman–Crippen MR) is 83.5 cm³/mol. The van der Waals surface area contributed by atoms with E-state index in [4.69, 9.17) is 0 Å². The van der Waals surface area contributed by atoms with Crippen molar-refractivity contribution < 1.29 is 30.5 Å². The van der Waals surface area contributed by atoms with Gasteiger partial charge in [-0.2, -0.15) is 8.78 Å². The van der Waals surface area contributed by atoms with Crippen LogP contribution in [0.5, 0.6) is 0 Å². The number of nitrogens with one attached hydrogen (secondary N) is 1. The smallest absolute Gasteiger partial charge is 0.280 e. The maximum absolute atomic E-state index is 12.4. The van der Waals surface area contributed by atoms with Crippen LogP contribution >= 0.6 is 0 Å². The number of rotatable bonds is 6. The number of nitro benzene ring substituents is 1. The quantitative estimate of drug-likeness (QED) is 0.595. The van der Waals surface area contributed by atoms with Gasteiger partial charge in [-0.3, -0.25) is 14.8 Å². The zero-order chi connectivity index (χ0) is 18.8. The van der Waals surface area contributed by atoms with E-state index in [1.807, 2.05) is 0 Å². The van der Waals surface area contributed by atoms with Crippen molar-refractivity contribution in [1.82, 2.24) is 0 Å². The molecule has 134 valence electrons. The molecule has 1 N–H and O–H groups in total. The van der Waals surface area contributed by atoms with Crippen molar-refractivity contribution in [2.24, 2.45) is 0 Å². The minimum atomic E-state index is -4.78. The van der Waals surface area contributed by atoms with E-state index >= 15 is 0 Å². The Morgan fingerprint density at radius 3 is 1.80 bits per heavy atom. The minimum Gasteiger partial charge on any atom is -0.280 e. The summed E-state index contributed by atoms with van der Waals surface area (Å²) in [7, 11) is -8.87. The molecule has 0 saturated carbocycles. The van der Waals surface area contributed by atoms with Crippen molar-refractivity contribution in [3.8, 4) is 0 Å². The summed E-state index contributed by atoms with van der Waals surface area (Å²) in [6.45, 7) is 0. The standard InChI is InChI=1S/C13H10F2N2O6S2/c14-13(15)24(20,21)11-5-1-9(2-6-11)16-25(22,23)12-7-3-10(4-8-12)17(18)19/h1-8,13,16H. The maximum Gasteiger partial charge on any atom is 0.341 e. The highest BCUT2D eigenvalue weighted by Gasteiger charge is 2.26. The second-order valence-electron chi connectivity index (χ2n) is 4.69. The van der Waals surface area contributed by atoms with Crippen LogP contribution in [0.25, 0.3) is 0 Å². The lowest BCUT2D eigenvalue weighted by Crippen LogP contribution is -2.14. The Kier molecular flexibility index (Phi) is 5.04. The normalized spacial score (nSPS) is 12.1. The molecule has 2 aromatic carbocycles. The lowest BCUT2D eigenvalue weighted by molar-refractivity contribution is -0.384. The van der Waals surface area contributed by atoms with E-state index < -0.39 is 35.4 Å². The highest BCUT2D eigenvalue weighted by molar-refractivity contribution is 7.92. The number of halogens is 2. The van der Waals surface area contributed by atoms with E-state index in [-0.39, 0.29) is 16.3 Å². The van der Waals surface area contributed by atoms with Gasteiger partial charge in [0.15, 0.2) is 0 Å². The van der Waals surface area contributed by atoms with Gasteiger partial charge >= 0.3 is 5.76 Å². The summed E-state index contributed by atoms with van der Waals surface area (Å²) in [6.07, 6.45) is 0. The molecule has 0 aliphatic heterocycles. The van der Waals surface area contributed by atoms with Gasteiger partial charge < -0.3 is 0 Å². The summed E-state index contributed by atoms with van der Waals surface area (Å²) in [4.78, 5) is 8.95. The molecule has 0 heterocycles. The third-order valence-corrected chi connectivity index (χ3v) is 5.82. The minimum absolute atomic E-state index is 0.0634. The van der Waals surface area contributed by atoms with Gasteiger partial charge in [0.1, 0.15) is 0 Å². The number of anilines is 1. The van der Waals surface area contributed by atoms with Crippen LogP contribution in [-0.2, 0) is 19.9 Å². The summed E-state index contributed by atoms with van der Waals surface area (Å²) < 4.78 is 73.9. The van der Waals surface area contributed by atoms with E-state index in [9.17, 15) is 35.7 Å². The van der Waals surface area contributed by atoms with E-state index in [2.05, 4.69) is 4.72 Å². The molecule has 0 bridgehead atoms. The SMILES string of the molecule is O=[N+]([O-])c1ccc(S(=O)(=O)Nc2ccc(S(=O)(=O)C(F)F)cc2)cc1. The Labute approximate surface area is 141 Å². The van der Waals surface area contributed by atoms with Gasteiger partial charge in [0, 0.05) is 17.8 Å². The number of sulfone groups is 1. The van der Waals surface area contributed by atoms with Gasteiger partial charge in [-0.15, -0.1) is 0 Å². The van der Waals surface area contributed by atoms with Crippen LogP contribution in [-0.4, -0.2) is 27.5 Å². The Balaban J connectivity index is 2.25. The van der Waals surface area contributed by atoms with E-state index in [0.717, 1.165) is 48.5 Å². The van der Waals surface area contributed by atoms with Crippen LogP contribution in [0.3, 0.4) is 0 Å². The van der Waals surface area contributed by atoms with E-state index in [1.165, 1.54) is 0 Å². The zero-order valence-corrected chi connectivity index (χ0v) is 13.8. The lowest BCUT2D eigenvalue weighted by Gasteiger charge is -2.09. The molecule has 8 nitrogen and oxygen atoms in total. The number of non-ortho nitro benzene ring substituents is 1. The van der Waals surface area contributed by atoms with Crippen molar-refractivity contribution in [2.45, 2.75) is 15.5 Å². The summed E-state index contributed by atoms with van der Waals surface area (Å²) in [5.41, 5.74) is -0.355. The summed E-state index contributed by atoms with van der Waals surface area (Å²) >= 11 is 0. The first-order chi connectivity index (χ1) is 11.5. The molecule has 0 amide bonds. The average Bonchev–Trinajstić information content (AvgIpc) is 2.55. The average molecular weight is 392 g/mol. The molecular weight excluding hydrogens is 382 g/mol. The maximum atomic E-state index is 12.4. The van der Waals surface area contributed by atoms with Gasteiger partial charge in [-0.05, 0) is 36.4 Å². The predicted octanol–water partition coefficient (Wildman–Crippen LogP) is 2.39. The van der Waals surface area contributed by atoms with Crippen molar-refractivity contribution >= 4 is 31.2 Å². The van der Waals surface area contributed by atoms with Gasteiger partial charge in [0.25, 0.3) is 15.7 Å². The van der Waals surface area contributed by atoms with Gasteiger partial charge in [-0.1, -0.05) is 0 Å². The molecule has 0 radical (unpaired) electrons. The number of nitro groups is 1. The number of alkyl halides is 2. The third-order valence-electron chi connectivity index (χ3n) is 3.03. The van der Waals surface area contributed by atoms with Gasteiger partial charge in [0.2, 0.25) is 9.84 Å². The Morgan fingerprint density at radius 1 is 0.880 bits per heavy atom. The van der Waals surface area contributed by atoms with Crippen LogP contribution in [0.2, 0.25) is 0 Å². The summed E-state index contributed by atoms with van der Waals surface area (Å²) in [6, 6.07) is 7.77. The van der Waals surface area contributed by atoms with E-state index in [1.54, 1.807) is 0 Å². The molecule has 12 heteroatoms. The monoisotopic (exact) mass is 392 g/mol. The first kappa shape index (κ1) is 18.7. The molecule has 0 atom stereocenters. The first-order valence-electron chi connectivity index (χ1n) is 6.43. The Hall–Kier alpha value is -2.60. The Morgan fingerprint density at radius 2 is 1.36 bits per heavy atom. The molecule has 2 rings (SSSR count). The van der Waals surface area contributed by atoms with Crippen molar-refractivity contribution in [1.29, 1.82) is 0 Å². The van der Waals surface area contributed by atoms with Crippen LogP contribution in [0, 0.1) is 10.1 Å². The molecule has 0 unspecified atom stereocenters. The molecule has 0 fully saturated rings. The van der Waals surface area contributed by atoms with Gasteiger partial charge in [-0.25, -0.2) is 16.8 Å². The number of hydrogen-bond acceptors (Lipinski definition) is 6. The number of nitrogens with zero attached hydrogens (tertiary/aromatic N) is 1. The molecule has 0 aliphatic rings.